The van der Waals surface area contributed by atoms with Crippen LogP contribution in [-0.2, 0) is 16.0 Å². The zero-order chi connectivity index (χ0) is 20.9. The minimum atomic E-state index is -1.23. The van der Waals surface area contributed by atoms with Crippen LogP contribution >= 0.6 is 0 Å². The van der Waals surface area contributed by atoms with Gasteiger partial charge in [0.05, 0.1) is 18.3 Å². The lowest BCUT2D eigenvalue weighted by atomic mass is 9.90. The molecule has 0 bridgehead atoms. The summed E-state index contributed by atoms with van der Waals surface area (Å²) < 4.78 is 5.21. The number of pyridine rings is 1. The number of anilines is 1. The van der Waals surface area contributed by atoms with Crippen molar-refractivity contribution in [3.05, 3.63) is 66.4 Å². The van der Waals surface area contributed by atoms with Crippen LogP contribution in [0.15, 0.2) is 60.8 Å². The van der Waals surface area contributed by atoms with Crippen molar-refractivity contribution in [1.29, 1.82) is 0 Å². The van der Waals surface area contributed by atoms with Crippen molar-refractivity contribution in [2.24, 2.45) is 5.41 Å². The van der Waals surface area contributed by atoms with Crippen LogP contribution in [0.2, 0.25) is 0 Å². The van der Waals surface area contributed by atoms with Gasteiger partial charge in [0.1, 0.15) is 11.2 Å². The molecule has 1 aromatic heterocycles. The zero-order valence-electron chi connectivity index (χ0n) is 16.9. The Labute approximate surface area is 170 Å². The van der Waals surface area contributed by atoms with E-state index in [2.05, 4.69) is 15.6 Å². The first-order chi connectivity index (χ1) is 13.9. The molecular weight excluding hydrogens is 366 g/mol. The molecule has 3 aromatic rings. The maximum absolute atomic E-state index is 12.8. The average molecular weight is 391 g/mol. The lowest BCUT2D eigenvalue weighted by Crippen LogP contribution is -2.45. The number of aromatic nitrogens is 1. The number of nitrogens with one attached hydrogen (secondary N) is 2. The second-order valence-corrected chi connectivity index (χ2v) is 7.32. The molecule has 0 aliphatic rings. The van der Waals surface area contributed by atoms with E-state index in [0.717, 1.165) is 16.7 Å². The summed E-state index contributed by atoms with van der Waals surface area (Å²) in [6, 6.07) is 17.0. The minimum Gasteiger partial charge on any atom is -0.497 e. The van der Waals surface area contributed by atoms with Crippen molar-refractivity contribution < 1.29 is 14.3 Å². The standard InChI is InChI=1S/C23H25N3O3/c1-23(2,21(27)25-14-12-16-7-4-10-18(15-16)29-3)22(28)26-19-11-5-8-17-9-6-13-24-20(17)19/h4-11,13,15H,12,14H2,1-3H3,(H,25,27)(H,26,28). The monoisotopic (exact) mass is 391 g/mol. The molecule has 150 valence electrons. The number of benzene rings is 2. The number of ether oxygens (including phenoxy) is 1. The van der Waals surface area contributed by atoms with E-state index in [1.165, 1.54) is 0 Å². The van der Waals surface area contributed by atoms with Crippen LogP contribution in [0.4, 0.5) is 5.69 Å². The highest BCUT2D eigenvalue weighted by Gasteiger charge is 2.36. The minimum absolute atomic E-state index is 0.328. The summed E-state index contributed by atoms with van der Waals surface area (Å²) in [4.78, 5) is 29.8. The highest BCUT2D eigenvalue weighted by Crippen LogP contribution is 2.24. The molecule has 2 aromatic carbocycles. The van der Waals surface area contributed by atoms with E-state index in [-0.39, 0.29) is 11.8 Å². The quantitative estimate of drug-likeness (QED) is 0.604. The fourth-order valence-electron chi connectivity index (χ4n) is 2.96. The number of methoxy groups -OCH3 is 1. The van der Waals surface area contributed by atoms with Gasteiger partial charge in [0, 0.05) is 18.1 Å². The Bertz CT molecular complexity index is 1030. The summed E-state index contributed by atoms with van der Waals surface area (Å²) in [5.41, 5.74) is 1.10. The number of para-hydroxylation sites is 1. The van der Waals surface area contributed by atoms with Crippen molar-refractivity contribution in [3.8, 4) is 5.75 Å². The summed E-state index contributed by atoms with van der Waals surface area (Å²) in [5.74, 6) is 0.0675. The summed E-state index contributed by atoms with van der Waals surface area (Å²) >= 11 is 0. The molecular formula is C23H25N3O3. The number of nitrogens with zero attached hydrogens (tertiary/aromatic N) is 1. The number of fused-ring (bicyclic) bond motifs is 1. The second kappa shape index (κ2) is 8.73. The Morgan fingerprint density at radius 1 is 1.03 bits per heavy atom. The molecule has 0 radical (unpaired) electrons. The van der Waals surface area contributed by atoms with Crippen LogP contribution in [0.5, 0.6) is 5.75 Å². The van der Waals surface area contributed by atoms with Crippen LogP contribution < -0.4 is 15.4 Å². The van der Waals surface area contributed by atoms with Gasteiger partial charge in [-0.2, -0.15) is 0 Å². The predicted molar refractivity (Wildman–Crippen MR) is 114 cm³/mol. The van der Waals surface area contributed by atoms with E-state index in [1.807, 2.05) is 48.5 Å². The van der Waals surface area contributed by atoms with Crippen molar-refractivity contribution in [1.82, 2.24) is 10.3 Å². The molecule has 0 spiro atoms. The van der Waals surface area contributed by atoms with E-state index in [9.17, 15) is 9.59 Å². The molecule has 3 rings (SSSR count). The molecule has 0 saturated carbocycles. The number of hydrogen-bond acceptors (Lipinski definition) is 4. The third kappa shape index (κ3) is 4.71. The van der Waals surface area contributed by atoms with Gasteiger partial charge < -0.3 is 15.4 Å². The first-order valence-electron chi connectivity index (χ1n) is 9.48. The molecule has 0 aliphatic carbocycles. The van der Waals surface area contributed by atoms with Gasteiger partial charge in [-0.3, -0.25) is 14.6 Å². The number of carbonyl (C=O) groups excluding carboxylic acids is 2. The van der Waals surface area contributed by atoms with Crippen LogP contribution in [0.1, 0.15) is 19.4 Å². The lowest BCUT2D eigenvalue weighted by Gasteiger charge is -2.23. The normalized spacial score (nSPS) is 11.1. The van der Waals surface area contributed by atoms with Gasteiger partial charge in [-0.15, -0.1) is 0 Å². The Morgan fingerprint density at radius 2 is 1.79 bits per heavy atom. The lowest BCUT2D eigenvalue weighted by molar-refractivity contribution is -0.138. The Kier molecular flexibility index (Phi) is 6.12. The van der Waals surface area contributed by atoms with E-state index in [1.54, 1.807) is 33.2 Å². The molecule has 6 heteroatoms. The molecule has 2 N–H and O–H groups in total. The molecule has 2 amide bonds. The van der Waals surface area contributed by atoms with Gasteiger partial charge in [-0.25, -0.2) is 0 Å². The summed E-state index contributed by atoms with van der Waals surface area (Å²) in [6.07, 6.45) is 2.32. The van der Waals surface area contributed by atoms with Crippen molar-refractivity contribution in [2.75, 3.05) is 19.0 Å². The third-order valence-electron chi connectivity index (χ3n) is 4.85. The first-order valence-corrected chi connectivity index (χ1v) is 9.48. The molecule has 0 aliphatic heterocycles. The Hall–Kier alpha value is -3.41. The molecule has 29 heavy (non-hydrogen) atoms. The second-order valence-electron chi connectivity index (χ2n) is 7.32. The van der Waals surface area contributed by atoms with Gasteiger partial charge in [0.15, 0.2) is 0 Å². The summed E-state index contributed by atoms with van der Waals surface area (Å²) in [5, 5.41) is 6.63. The number of carbonyl (C=O) groups is 2. The van der Waals surface area contributed by atoms with E-state index in [4.69, 9.17) is 4.74 Å². The molecule has 0 fully saturated rings. The van der Waals surface area contributed by atoms with Crippen molar-refractivity contribution in [3.63, 3.8) is 0 Å². The van der Waals surface area contributed by atoms with Crippen molar-refractivity contribution >= 4 is 28.4 Å². The van der Waals surface area contributed by atoms with Crippen LogP contribution in [0.25, 0.3) is 10.9 Å². The number of amides is 2. The SMILES string of the molecule is COc1cccc(CCNC(=O)C(C)(C)C(=O)Nc2cccc3cccnc23)c1. The highest BCUT2D eigenvalue weighted by molar-refractivity contribution is 6.12. The van der Waals surface area contributed by atoms with Gasteiger partial charge in [0.25, 0.3) is 0 Å². The largest absolute Gasteiger partial charge is 0.497 e. The summed E-state index contributed by atoms with van der Waals surface area (Å²) in [7, 11) is 1.62. The summed E-state index contributed by atoms with van der Waals surface area (Å²) in [6.45, 7) is 3.65. The fraction of sp³-hybridized carbons (Fsp3) is 0.261. The molecule has 0 atom stereocenters. The maximum atomic E-state index is 12.8. The predicted octanol–water partition coefficient (Wildman–Crippen LogP) is 3.57. The Morgan fingerprint density at radius 3 is 2.59 bits per heavy atom. The number of rotatable bonds is 7. The van der Waals surface area contributed by atoms with Crippen LogP contribution in [0.3, 0.4) is 0 Å². The maximum Gasteiger partial charge on any atom is 0.239 e. The first kappa shape index (κ1) is 20.3. The number of hydrogen-bond donors (Lipinski definition) is 2. The third-order valence-corrected chi connectivity index (χ3v) is 4.85. The molecule has 0 unspecified atom stereocenters. The Balaban J connectivity index is 1.62. The van der Waals surface area contributed by atoms with Gasteiger partial charge >= 0.3 is 0 Å². The van der Waals surface area contributed by atoms with Crippen LogP contribution in [-0.4, -0.2) is 30.5 Å². The van der Waals surface area contributed by atoms with E-state index >= 15 is 0 Å². The average Bonchev–Trinajstić information content (AvgIpc) is 2.74. The molecule has 1 heterocycles. The topological polar surface area (TPSA) is 80.3 Å². The zero-order valence-corrected chi connectivity index (χ0v) is 16.9. The molecule has 6 nitrogen and oxygen atoms in total. The van der Waals surface area contributed by atoms with E-state index < -0.39 is 5.41 Å². The van der Waals surface area contributed by atoms with Gasteiger partial charge in [0.2, 0.25) is 11.8 Å². The van der Waals surface area contributed by atoms with E-state index in [0.29, 0.717) is 24.2 Å². The smallest absolute Gasteiger partial charge is 0.239 e. The van der Waals surface area contributed by atoms with Gasteiger partial charge in [-0.1, -0.05) is 30.3 Å². The van der Waals surface area contributed by atoms with Gasteiger partial charge in [-0.05, 0) is 50.1 Å². The van der Waals surface area contributed by atoms with Crippen molar-refractivity contribution in [2.45, 2.75) is 20.3 Å². The van der Waals surface area contributed by atoms with Crippen LogP contribution in [0, 0.1) is 5.41 Å². The molecule has 0 saturated heterocycles. The fourth-order valence-corrected chi connectivity index (χ4v) is 2.96. The highest BCUT2D eigenvalue weighted by atomic mass is 16.5.